The molecule has 1 N–H and O–H groups in total. The van der Waals surface area contributed by atoms with Gasteiger partial charge in [-0.1, -0.05) is 30.3 Å². The van der Waals surface area contributed by atoms with Crippen LogP contribution < -0.4 is 10.1 Å². The average Bonchev–Trinajstić information content (AvgIpc) is 3.10. The van der Waals surface area contributed by atoms with Crippen LogP contribution in [0, 0.1) is 13.8 Å². The summed E-state index contributed by atoms with van der Waals surface area (Å²) in [5, 5.41) is 3.83. The minimum absolute atomic E-state index is 0.0335. The monoisotopic (exact) mass is 388 g/mol. The minimum Gasteiger partial charge on any atom is -0.484 e. The van der Waals surface area contributed by atoms with Crippen LogP contribution in [-0.2, 0) is 4.79 Å². The van der Waals surface area contributed by atoms with Crippen LogP contribution in [0.4, 0.5) is 5.69 Å². The maximum absolute atomic E-state index is 12.3. The molecule has 4 rings (SSSR count). The van der Waals surface area contributed by atoms with Crippen molar-refractivity contribution in [2.24, 2.45) is 0 Å². The number of rotatable bonds is 5. The van der Waals surface area contributed by atoms with E-state index >= 15 is 0 Å². The molecule has 0 aliphatic carbocycles. The molecule has 0 unspecified atom stereocenters. The highest BCUT2D eigenvalue weighted by atomic mass is 32.1. The molecule has 1 aromatic heterocycles. The van der Waals surface area contributed by atoms with E-state index < -0.39 is 0 Å². The number of para-hydroxylation sites is 1. The Balaban J connectivity index is 1.44. The summed E-state index contributed by atoms with van der Waals surface area (Å²) in [5.74, 6) is 0.511. The van der Waals surface area contributed by atoms with Gasteiger partial charge in [-0.2, -0.15) is 0 Å². The summed E-state index contributed by atoms with van der Waals surface area (Å²) < 4.78 is 6.78. The van der Waals surface area contributed by atoms with Crippen molar-refractivity contribution in [1.29, 1.82) is 0 Å². The van der Waals surface area contributed by atoms with E-state index in [0.717, 1.165) is 37.6 Å². The highest BCUT2D eigenvalue weighted by molar-refractivity contribution is 7.21. The van der Waals surface area contributed by atoms with E-state index in [1.54, 1.807) is 11.3 Å². The molecule has 3 aromatic carbocycles. The molecule has 0 aliphatic rings. The Bertz CT molecular complexity index is 1100. The number of aryl methyl sites for hydroxylation is 2. The van der Waals surface area contributed by atoms with Crippen LogP contribution in [0.5, 0.6) is 5.75 Å². The standard InChI is InChI=1S/C23H20N2O2S/c1-15-10-16(2)12-19(11-15)27-14-22(26)24-18-7-5-6-17(13-18)23-25-20-8-3-4-9-21(20)28-23/h3-13H,14H2,1-2H3,(H,24,26). The summed E-state index contributed by atoms with van der Waals surface area (Å²) in [6.07, 6.45) is 0. The molecule has 0 fully saturated rings. The molecule has 140 valence electrons. The summed E-state index contributed by atoms with van der Waals surface area (Å²) in [6.45, 7) is 3.98. The number of hydrogen-bond donors (Lipinski definition) is 1. The first-order valence-corrected chi connectivity index (χ1v) is 9.85. The number of fused-ring (bicyclic) bond motifs is 1. The molecule has 4 aromatic rings. The van der Waals surface area contributed by atoms with Crippen LogP contribution in [0.1, 0.15) is 11.1 Å². The number of anilines is 1. The van der Waals surface area contributed by atoms with E-state index in [1.807, 2.05) is 68.4 Å². The Morgan fingerprint density at radius 1 is 1.00 bits per heavy atom. The van der Waals surface area contributed by atoms with Crippen molar-refractivity contribution in [2.45, 2.75) is 13.8 Å². The molecule has 0 saturated carbocycles. The Kier molecular flexibility index (Phi) is 5.08. The van der Waals surface area contributed by atoms with Gasteiger partial charge in [0, 0.05) is 11.3 Å². The van der Waals surface area contributed by atoms with E-state index in [9.17, 15) is 4.79 Å². The number of nitrogens with one attached hydrogen (secondary N) is 1. The first kappa shape index (κ1) is 18.2. The second-order valence-electron chi connectivity index (χ2n) is 6.73. The lowest BCUT2D eigenvalue weighted by molar-refractivity contribution is -0.118. The van der Waals surface area contributed by atoms with Gasteiger partial charge in [-0.3, -0.25) is 4.79 Å². The summed E-state index contributed by atoms with van der Waals surface area (Å²) in [5.41, 5.74) is 4.91. The van der Waals surface area contributed by atoms with Crippen molar-refractivity contribution >= 4 is 33.1 Å². The summed E-state index contributed by atoms with van der Waals surface area (Å²) in [4.78, 5) is 17.0. The number of carbonyl (C=O) groups excluding carboxylic acids is 1. The molecular formula is C23H20N2O2S. The maximum Gasteiger partial charge on any atom is 0.262 e. The van der Waals surface area contributed by atoms with Crippen LogP contribution in [0.3, 0.4) is 0 Å². The normalized spacial score (nSPS) is 10.8. The van der Waals surface area contributed by atoms with Crippen LogP contribution >= 0.6 is 11.3 Å². The van der Waals surface area contributed by atoms with Crippen molar-refractivity contribution in [3.8, 4) is 16.3 Å². The molecule has 0 atom stereocenters. The van der Waals surface area contributed by atoms with Crippen molar-refractivity contribution in [1.82, 2.24) is 4.98 Å². The quantitative estimate of drug-likeness (QED) is 0.484. The first-order chi connectivity index (χ1) is 13.6. The Morgan fingerprint density at radius 2 is 1.79 bits per heavy atom. The topological polar surface area (TPSA) is 51.2 Å². The fourth-order valence-corrected chi connectivity index (χ4v) is 4.05. The summed E-state index contributed by atoms with van der Waals surface area (Å²) in [6, 6.07) is 21.7. The van der Waals surface area contributed by atoms with E-state index in [2.05, 4.69) is 22.4 Å². The SMILES string of the molecule is Cc1cc(C)cc(OCC(=O)Nc2cccc(-c3nc4ccccc4s3)c2)c1. The zero-order valence-corrected chi connectivity index (χ0v) is 16.5. The molecule has 1 amide bonds. The van der Waals surface area contributed by atoms with Gasteiger partial charge in [-0.05, 0) is 61.4 Å². The number of hydrogen-bond acceptors (Lipinski definition) is 4. The fourth-order valence-electron chi connectivity index (χ4n) is 3.09. The predicted octanol–water partition coefficient (Wildman–Crippen LogP) is 5.60. The van der Waals surface area contributed by atoms with E-state index in [0.29, 0.717) is 5.75 Å². The maximum atomic E-state index is 12.3. The zero-order valence-electron chi connectivity index (χ0n) is 15.7. The van der Waals surface area contributed by atoms with Crippen LogP contribution in [0.25, 0.3) is 20.8 Å². The molecule has 28 heavy (non-hydrogen) atoms. The summed E-state index contributed by atoms with van der Waals surface area (Å²) >= 11 is 1.64. The molecule has 1 heterocycles. The number of ether oxygens (including phenoxy) is 1. The van der Waals surface area contributed by atoms with E-state index in [-0.39, 0.29) is 12.5 Å². The lowest BCUT2D eigenvalue weighted by Gasteiger charge is -2.09. The lowest BCUT2D eigenvalue weighted by Crippen LogP contribution is -2.20. The van der Waals surface area contributed by atoms with Crippen molar-refractivity contribution in [3.63, 3.8) is 0 Å². The average molecular weight is 388 g/mol. The van der Waals surface area contributed by atoms with Crippen molar-refractivity contribution in [2.75, 3.05) is 11.9 Å². The Hall–Kier alpha value is -3.18. The Labute approximate surface area is 167 Å². The molecule has 0 aliphatic heterocycles. The first-order valence-electron chi connectivity index (χ1n) is 9.04. The van der Waals surface area contributed by atoms with E-state index in [4.69, 9.17) is 4.74 Å². The second kappa shape index (κ2) is 7.82. The molecular weight excluding hydrogens is 368 g/mol. The fraction of sp³-hybridized carbons (Fsp3) is 0.130. The van der Waals surface area contributed by atoms with Crippen LogP contribution in [-0.4, -0.2) is 17.5 Å². The molecule has 0 saturated heterocycles. The van der Waals surface area contributed by atoms with Gasteiger partial charge in [0.15, 0.2) is 6.61 Å². The van der Waals surface area contributed by atoms with Gasteiger partial charge < -0.3 is 10.1 Å². The second-order valence-corrected chi connectivity index (χ2v) is 7.76. The van der Waals surface area contributed by atoms with Gasteiger partial charge in [0.25, 0.3) is 5.91 Å². The van der Waals surface area contributed by atoms with Gasteiger partial charge in [-0.15, -0.1) is 11.3 Å². The number of carbonyl (C=O) groups is 1. The lowest BCUT2D eigenvalue weighted by atomic mass is 10.1. The van der Waals surface area contributed by atoms with Gasteiger partial charge >= 0.3 is 0 Å². The minimum atomic E-state index is -0.194. The van der Waals surface area contributed by atoms with Gasteiger partial charge in [0.05, 0.1) is 10.2 Å². The molecule has 4 nitrogen and oxygen atoms in total. The summed E-state index contributed by atoms with van der Waals surface area (Å²) in [7, 11) is 0. The van der Waals surface area contributed by atoms with Crippen LogP contribution in [0.2, 0.25) is 0 Å². The van der Waals surface area contributed by atoms with Crippen molar-refractivity contribution < 1.29 is 9.53 Å². The predicted molar refractivity (Wildman–Crippen MR) is 115 cm³/mol. The van der Waals surface area contributed by atoms with Gasteiger partial charge in [0.1, 0.15) is 10.8 Å². The largest absolute Gasteiger partial charge is 0.484 e. The number of amides is 1. The van der Waals surface area contributed by atoms with Crippen molar-refractivity contribution in [3.05, 3.63) is 77.9 Å². The van der Waals surface area contributed by atoms with E-state index in [1.165, 1.54) is 0 Å². The molecule has 0 bridgehead atoms. The Morgan fingerprint density at radius 3 is 2.57 bits per heavy atom. The zero-order chi connectivity index (χ0) is 19.5. The molecule has 5 heteroatoms. The van der Waals surface area contributed by atoms with Gasteiger partial charge in [-0.25, -0.2) is 4.98 Å². The third-order valence-electron chi connectivity index (χ3n) is 4.25. The number of benzene rings is 3. The third-order valence-corrected chi connectivity index (χ3v) is 5.34. The molecule has 0 spiro atoms. The number of thiazole rings is 1. The van der Waals surface area contributed by atoms with Gasteiger partial charge in [0.2, 0.25) is 0 Å². The highest BCUT2D eigenvalue weighted by Crippen LogP contribution is 2.31. The smallest absolute Gasteiger partial charge is 0.262 e. The highest BCUT2D eigenvalue weighted by Gasteiger charge is 2.09. The number of aromatic nitrogens is 1. The third kappa shape index (κ3) is 4.21. The molecule has 0 radical (unpaired) electrons. The van der Waals surface area contributed by atoms with Crippen LogP contribution in [0.15, 0.2) is 66.7 Å². The number of nitrogens with zero attached hydrogens (tertiary/aromatic N) is 1.